The van der Waals surface area contributed by atoms with Crippen LogP contribution in [0.1, 0.15) is 65.5 Å². The van der Waals surface area contributed by atoms with Crippen molar-refractivity contribution < 1.29 is 9.53 Å². The summed E-state index contributed by atoms with van der Waals surface area (Å²) in [5.74, 6) is 0. The molecule has 3 nitrogen and oxygen atoms in total. The van der Waals surface area contributed by atoms with Crippen molar-refractivity contribution in [3.63, 3.8) is 0 Å². The number of rotatable bonds is 2. The molecule has 1 saturated heterocycles. The van der Waals surface area contributed by atoms with Gasteiger partial charge in [-0.25, -0.2) is 4.79 Å². The van der Waals surface area contributed by atoms with Crippen LogP contribution in [0.3, 0.4) is 0 Å². The number of nitrogens with zero attached hydrogens (tertiary/aromatic N) is 1. The van der Waals surface area contributed by atoms with Crippen LogP contribution in [0.15, 0.2) is 24.3 Å². The highest BCUT2D eigenvalue weighted by Crippen LogP contribution is 2.26. The van der Waals surface area contributed by atoms with Crippen molar-refractivity contribution in [2.75, 3.05) is 6.54 Å². The Morgan fingerprint density at radius 2 is 1.74 bits per heavy atom. The molecule has 1 aromatic rings. The van der Waals surface area contributed by atoms with Gasteiger partial charge in [0.15, 0.2) is 0 Å². The Hall–Kier alpha value is -1.51. The van der Waals surface area contributed by atoms with Gasteiger partial charge in [-0.3, -0.25) is 0 Å². The second-order valence-corrected chi connectivity index (χ2v) is 8.62. The van der Waals surface area contributed by atoms with E-state index in [4.69, 9.17) is 4.74 Å². The smallest absolute Gasteiger partial charge is 0.410 e. The Kier molecular flexibility index (Phi) is 5.07. The van der Waals surface area contributed by atoms with Gasteiger partial charge in [-0.2, -0.15) is 0 Å². The Balaban J connectivity index is 2.02. The van der Waals surface area contributed by atoms with E-state index in [1.165, 1.54) is 11.1 Å². The Morgan fingerprint density at radius 1 is 1.13 bits per heavy atom. The fraction of sp³-hybridized carbons (Fsp3) is 0.650. The quantitative estimate of drug-likeness (QED) is 0.774. The number of hydrogen-bond donors (Lipinski definition) is 0. The zero-order valence-corrected chi connectivity index (χ0v) is 15.5. The minimum Gasteiger partial charge on any atom is -0.444 e. The molecule has 1 aliphatic rings. The first-order valence-electron chi connectivity index (χ1n) is 8.65. The molecule has 0 spiro atoms. The monoisotopic (exact) mass is 317 g/mol. The summed E-state index contributed by atoms with van der Waals surface area (Å²) in [6, 6.07) is 9.08. The molecule has 1 aliphatic heterocycles. The van der Waals surface area contributed by atoms with E-state index >= 15 is 0 Å². The van der Waals surface area contributed by atoms with E-state index in [0.29, 0.717) is 0 Å². The van der Waals surface area contributed by atoms with Crippen molar-refractivity contribution in [3.05, 3.63) is 35.4 Å². The van der Waals surface area contributed by atoms with E-state index in [1.807, 2.05) is 25.7 Å². The van der Waals surface area contributed by atoms with Crippen LogP contribution in [0.5, 0.6) is 0 Å². The summed E-state index contributed by atoms with van der Waals surface area (Å²) in [4.78, 5) is 14.3. The standard InChI is InChI=1S/C20H31NO2/c1-19(2,3)16-11-9-15(10-12-16)14-17-8-7-13-21(17)18(22)23-20(4,5)6/h9-12,17H,7-8,13-14H2,1-6H3. The Labute approximate surface area is 141 Å². The first kappa shape index (κ1) is 17.8. The number of ether oxygens (including phenoxy) is 1. The maximum atomic E-state index is 12.4. The lowest BCUT2D eigenvalue weighted by Crippen LogP contribution is -2.40. The van der Waals surface area contributed by atoms with Crippen LogP contribution in [0.4, 0.5) is 4.79 Å². The topological polar surface area (TPSA) is 29.5 Å². The van der Waals surface area contributed by atoms with Crippen molar-refractivity contribution in [1.29, 1.82) is 0 Å². The Morgan fingerprint density at radius 3 is 2.26 bits per heavy atom. The first-order chi connectivity index (χ1) is 10.6. The maximum absolute atomic E-state index is 12.4. The van der Waals surface area contributed by atoms with Crippen LogP contribution in [-0.4, -0.2) is 29.2 Å². The van der Waals surface area contributed by atoms with Gasteiger partial charge < -0.3 is 9.64 Å². The van der Waals surface area contributed by atoms with Gasteiger partial charge >= 0.3 is 6.09 Å². The van der Waals surface area contributed by atoms with Crippen molar-refractivity contribution in [2.24, 2.45) is 0 Å². The zero-order chi connectivity index (χ0) is 17.3. The highest BCUT2D eigenvalue weighted by molar-refractivity contribution is 5.69. The molecule has 1 unspecified atom stereocenters. The van der Waals surface area contributed by atoms with E-state index in [9.17, 15) is 4.79 Å². The molecule has 1 atom stereocenters. The fourth-order valence-electron chi connectivity index (χ4n) is 3.02. The molecule has 0 saturated carbocycles. The number of carbonyl (C=O) groups excluding carboxylic acids is 1. The molecule has 0 radical (unpaired) electrons. The normalized spacial score (nSPS) is 19.0. The molecule has 1 aromatic carbocycles. The summed E-state index contributed by atoms with van der Waals surface area (Å²) in [5.41, 5.74) is 2.38. The number of likely N-dealkylation sites (tertiary alicyclic amines) is 1. The van der Waals surface area contributed by atoms with Crippen molar-refractivity contribution in [3.8, 4) is 0 Å². The molecule has 1 heterocycles. The molecule has 0 N–H and O–H groups in total. The van der Waals surface area contributed by atoms with Gasteiger partial charge in [0, 0.05) is 12.6 Å². The predicted molar refractivity (Wildman–Crippen MR) is 94.8 cm³/mol. The van der Waals surface area contributed by atoms with Gasteiger partial charge in [-0.15, -0.1) is 0 Å². The van der Waals surface area contributed by atoms with Gasteiger partial charge in [0.1, 0.15) is 5.60 Å². The summed E-state index contributed by atoms with van der Waals surface area (Å²) in [6.45, 7) is 13.2. The van der Waals surface area contributed by atoms with E-state index in [1.54, 1.807) is 0 Å². The molecule has 2 rings (SSSR count). The van der Waals surface area contributed by atoms with Crippen LogP contribution in [-0.2, 0) is 16.6 Å². The van der Waals surface area contributed by atoms with Gasteiger partial charge in [0.25, 0.3) is 0 Å². The van der Waals surface area contributed by atoms with Crippen molar-refractivity contribution in [1.82, 2.24) is 4.90 Å². The third kappa shape index (κ3) is 4.98. The van der Waals surface area contributed by atoms with Crippen molar-refractivity contribution in [2.45, 2.75) is 77.9 Å². The Bertz CT molecular complexity index is 534. The predicted octanol–water partition coefficient (Wildman–Crippen LogP) is 4.93. The third-order valence-corrected chi connectivity index (χ3v) is 4.30. The number of hydrogen-bond acceptors (Lipinski definition) is 2. The molecular formula is C20H31NO2. The lowest BCUT2D eigenvalue weighted by atomic mass is 9.86. The van der Waals surface area contributed by atoms with Gasteiger partial charge in [0.05, 0.1) is 0 Å². The fourth-order valence-corrected chi connectivity index (χ4v) is 3.02. The maximum Gasteiger partial charge on any atom is 0.410 e. The number of carbonyl (C=O) groups is 1. The van der Waals surface area contributed by atoms with E-state index in [-0.39, 0.29) is 17.6 Å². The lowest BCUT2D eigenvalue weighted by Gasteiger charge is -2.28. The molecule has 0 aliphatic carbocycles. The summed E-state index contributed by atoms with van der Waals surface area (Å²) < 4.78 is 5.54. The van der Waals surface area contributed by atoms with Gasteiger partial charge in [-0.1, -0.05) is 45.0 Å². The minimum absolute atomic E-state index is 0.175. The third-order valence-electron chi connectivity index (χ3n) is 4.30. The average Bonchev–Trinajstić information content (AvgIpc) is 2.84. The summed E-state index contributed by atoms with van der Waals surface area (Å²) >= 11 is 0. The van der Waals surface area contributed by atoms with Crippen LogP contribution in [0.2, 0.25) is 0 Å². The summed E-state index contributed by atoms with van der Waals surface area (Å²) in [6.07, 6.45) is 2.85. The SMILES string of the molecule is CC(C)(C)OC(=O)N1CCCC1Cc1ccc(C(C)(C)C)cc1. The van der Waals surface area contributed by atoms with Crippen LogP contribution < -0.4 is 0 Å². The van der Waals surface area contributed by atoms with Crippen molar-refractivity contribution >= 4 is 6.09 Å². The molecule has 1 fully saturated rings. The second kappa shape index (κ2) is 6.54. The molecule has 0 bridgehead atoms. The highest BCUT2D eigenvalue weighted by Gasteiger charge is 2.32. The van der Waals surface area contributed by atoms with E-state index in [2.05, 4.69) is 45.0 Å². The van der Waals surface area contributed by atoms with E-state index in [0.717, 1.165) is 25.8 Å². The molecule has 23 heavy (non-hydrogen) atoms. The lowest BCUT2D eigenvalue weighted by molar-refractivity contribution is 0.0227. The van der Waals surface area contributed by atoms with Gasteiger partial charge in [0.2, 0.25) is 0 Å². The first-order valence-corrected chi connectivity index (χ1v) is 8.65. The molecular weight excluding hydrogens is 286 g/mol. The molecule has 128 valence electrons. The molecule has 3 heteroatoms. The second-order valence-electron chi connectivity index (χ2n) is 8.62. The average molecular weight is 317 g/mol. The highest BCUT2D eigenvalue weighted by atomic mass is 16.6. The summed E-state index contributed by atoms with van der Waals surface area (Å²) in [7, 11) is 0. The molecule has 1 amide bonds. The van der Waals surface area contributed by atoms with Crippen LogP contribution in [0.25, 0.3) is 0 Å². The molecule has 0 aromatic heterocycles. The van der Waals surface area contributed by atoms with E-state index < -0.39 is 5.60 Å². The minimum atomic E-state index is -0.432. The van der Waals surface area contributed by atoms with Crippen LogP contribution >= 0.6 is 0 Å². The summed E-state index contributed by atoms with van der Waals surface area (Å²) in [5, 5.41) is 0. The van der Waals surface area contributed by atoms with Crippen LogP contribution in [0, 0.1) is 0 Å². The largest absolute Gasteiger partial charge is 0.444 e. The number of amides is 1. The van der Waals surface area contributed by atoms with Gasteiger partial charge in [-0.05, 0) is 56.6 Å². The zero-order valence-electron chi connectivity index (χ0n) is 15.5. The number of benzene rings is 1.